The Balaban J connectivity index is 2.75. The quantitative estimate of drug-likeness (QED) is 0.484. The molecule has 0 saturated heterocycles. The third-order valence-corrected chi connectivity index (χ3v) is 4.02. The van der Waals surface area contributed by atoms with Crippen LogP contribution in [0.2, 0.25) is 0 Å². The van der Waals surface area contributed by atoms with Gasteiger partial charge in [-0.3, -0.25) is 0 Å². The van der Waals surface area contributed by atoms with Crippen LogP contribution in [0.1, 0.15) is 41.0 Å². The van der Waals surface area contributed by atoms with Crippen molar-refractivity contribution >= 4 is 0 Å². The van der Waals surface area contributed by atoms with Crippen LogP contribution < -0.4 is 0 Å². The Hall–Kier alpha value is 0. The first kappa shape index (κ1) is 8.10. The van der Waals surface area contributed by atoms with Crippen molar-refractivity contribution in [2.45, 2.75) is 41.0 Å². The molecule has 0 aromatic carbocycles. The van der Waals surface area contributed by atoms with Gasteiger partial charge in [0.15, 0.2) is 0 Å². The van der Waals surface area contributed by atoms with Crippen LogP contribution in [0.5, 0.6) is 0 Å². The lowest BCUT2D eigenvalue weighted by atomic mass is 9.76. The molecule has 1 rings (SSSR count). The molecule has 0 bridgehead atoms. The van der Waals surface area contributed by atoms with Gasteiger partial charge >= 0.3 is 0 Å². The molecule has 1 saturated carbocycles. The first-order chi connectivity index (χ1) is 4.46. The zero-order chi connectivity index (χ0) is 7.94. The van der Waals surface area contributed by atoms with Crippen LogP contribution in [0.3, 0.4) is 0 Å². The average Bonchev–Trinajstić information content (AvgIpc) is 1.97. The van der Waals surface area contributed by atoms with Crippen LogP contribution in [0.15, 0.2) is 0 Å². The predicted molar refractivity (Wildman–Crippen MR) is 45.9 cm³/mol. The van der Waals surface area contributed by atoms with Gasteiger partial charge in [0.2, 0.25) is 0 Å². The van der Waals surface area contributed by atoms with Crippen LogP contribution in [0.4, 0.5) is 0 Å². The Labute approximate surface area is 65.0 Å². The molecule has 0 heteroatoms. The lowest BCUT2D eigenvalue weighted by Gasteiger charge is -2.29. The molecule has 0 aromatic rings. The fraction of sp³-hybridized carbons (Fsp3) is 1.00. The Kier molecular flexibility index (Phi) is 1.82. The molecule has 0 spiro atoms. The largest absolute Gasteiger partial charge is 0.0622 e. The van der Waals surface area contributed by atoms with Gasteiger partial charge in [-0.15, -0.1) is 0 Å². The monoisotopic (exact) mass is 140 g/mol. The Bertz CT molecular complexity index is 124. The fourth-order valence-corrected chi connectivity index (χ4v) is 2.25. The van der Waals surface area contributed by atoms with Crippen molar-refractivity contribution in [2.24, 2.45) is 23.2 Å². The van der Waals surface area contributed by atoms with Gasteiger partial charge in [-0.25, -0.2) is 0 Å². The second-order valence-corrected chi connectivity index (χ2v) is 4.72. The zero-order valence-electron chi connectivity index (χ0n) is 7.94. The summed E-state index contributed by atoms with van der Waals surface area (Å²) in [5.41, 5.74) is 0.583. The summed E-state index contributed by atoms with van der Waals surface area (Å²) in [7, 11) is 0. The van der Waals surface area contributed by atoms with Crippen molar-refractivity contribution < 1.29 is 0 Å². The van der Waals surface area contributed by atoms with Crippen molar-refractivity contribution in [2.75, 3.05) is 0 Å². The first-order valence-electron chi connectivity index (χ1n) is 4.46. The highest BCUT2D eigenvalue weighted by atomic mass is 14.5. The number of rotatable bonds is 0. The summed E-state index contributed by atoms with van der Waals surface area (Å²) in [6.07, 6.45) is 1.42. The van der Waals surface area contributed by atoms with Crippen molar-refractivity contribution in [3.05, 3.63) is 0 Å². The van der Waals surface area contributed by atoms with E-state index in [0.717, 1.165) is 17.8 Å². The minimum Gasteiger partial charge on any atom is -0.0622 e. The van der Waals surface area contributed by atoms with Gasteiger partial charge in [-0.1, -0.05) is 34.6 Å². The Morgan fingerprint density at radius 2 is 1.60 bits per heavy atom. The van der Waals surface area contributed by atoms with Crippen LogP contribution in [-0.4, -0.2) is 0 Å². The second-order valence-electron chi connectivity index (χ2n) is 4.72. The minimum absolute atomic E-state index is 0.583. The van der Waals surface area contributed by atoms with E-state index in [1.807, 2.05) is 0 Å². The van der Waals surface area contributed by atoms with E-state index in [0.29, 0.717) is 5.41 Å². The highest BCUT2D eigenvalue weighted by molar-refractivity contribution is 4.91. The molecule has 10 heavy (non-hydrogen) atoms. The van der Waals surface area contributed by atoms with Gasteiger partial charge in [0.1, 0.15) is 0 Å². The van der Waals surface area contributed by atoms with E-state index >= 15 is 0 Å². The molecular weight excluding hydrogens is 120 g/mol. The van der Waals surface area contributed by atoms with E-state index in [1.165, 1.54) is 6.42 Å². The Morgan fingerprint density at radius 1 is 1.10 bits per heavy atom. The van der Waals surface area contributed by atoms with Crippen LogP contribution in [-0.2, 0) is 0 Å². The molecule has 0 nitrogen and oxygen atoms in total. The maximum Gasteiger partial charge on any atom is -0.0300 e. The van der Waals surface area contributed by atoms with Gasteiger partial charge in [0, 0.05) is 0 Å². The van der Waals surface area contributed by atoms with Crippen LogP contribution in [0.25, 0.3) is 0 Å². The maximum atomic E-state index is 2.41. The van der Waals surface area contributed by atoms with Crippen molar-refractivity contribution in [3.8, 4) is 0 Å². The van der Waals surface area contributed by atoms with Gasteiger partial charge in [-0.05, 0) is 29.6 Å². The standard InChI is InChI=1S/C10H20/c1-7-6-8(2)10(4,5)9(7)3/h7-9H,6H2,1-5H3. The third-order valence-electron chi connectivity index (χ3n) is 4.02. The summed E-state index contributed by atoms with van der Waals surface area (Å²) >= 11 is 0. The SMILES string of the molecule is CC1CC(C)C(C)(C)C1C. The zero-order valence-corrected chi connectivity index (χ0v) is 7.94. The van der Waals surface area contributed by atoms with E-state index in [2.05, 4.69) is 34.6 Å². The van der Waals surface area contributed by atoms with E-state index in [-0.39, 0.29) is 0 Å². The molecule has 3 unspecified atom stereocenters. The molecule has 1 aliphatic carbocycles. The number of hydrogen-bond donors (Lipinski definition) is 0. The minimum atomic E-state index is 0.583. The smallest absolute Gasteiger partial charge is 0.0300 e. The normalized spacial score (nSPS) is 45.9. The molecule has 0 amide bonds. The topological polar surface area (TPSA) is 0 Å². The summed E-state index contributed by atoms with van der Waals surface area (Å²) in [6, 6.07) is 0. The van der Waals surface area contributed by atoms with Crippen LogP contribution in [0, 0.1) is 23.2 Å². The molecule has 0 heterocycles. The van der Waals surface area contributed by atoms with E-state index in [4.69, 9.17) is 0 Å². The van der Waals surface area contributed by atoms with E-state index < -0.39 is 0 Å². The fourth-order valence-electron chi connectivity index (χ4n) is 2.25. The molecule has 0 aliphatic heterocycles. The van der Waals surface area contributed by atoms with Gasteiger partial charge in [0.05, 0.1) is 0 Å². The van der Waals surface area contributed by atoms with Crippen LogP contribution >= 0.6 is 0 Å². The Morgan fingerprint density at radius 3 is 1.70 bits per heavy atom. The lowest BCUT2D eigenvalue weighted by molar-refractivity contribution is 0.198. The van der Waals surface area contributed by atoms with Gasteiger partial charge < -0.3 is 0 Å². The van der Waals surface area contributed by atoms with E-state index in [9.17, 15) is 0 Å². The third kappa shape index (κ3) is 0.980. The molecule has 1 fully saturated rings. The highest BCUT2D eigenvalue weighted by Gasteiger charge is 2.41. The summed E-state index contributed by atoms with van der Waals surface area (Å²) < 4.78 is 0. The van der Waals surface area contributed by atoms with Gasteiger partial charge in [-0.2, -0.15) is 0 Å². The van der Waals surface area contributed by atoms with Crippen molar-refractivity contribution in [1.82, 2.24) is 0 Å². The summed E-state index contributed by atoms with van der Waals surface area (Å²) in [6.45, 7) is 12.0. The first-order valence-corrected chi connectivity index (χ1v) is 4.46. The van der Waals surface area contributed by atoms with Crippen molar-refractivity contribution in [1.29, 1.82) is 0 Å². The van der Waals surface area contributed by atoms with Gasteiger partial charge in [0.25, 0.3) is 0 Å². The predicted octanol–water partition coefficient (Wildman–Crippen LogP) is 3.32. The molecule has 1 aliphatic rings. The average molecular weight is 140 g/mol. The molecule has 0 N–H and O–H groups in total. The summed E-state index contributed by atoms with van der Waals surface area (Å²) in [4.78, 5) is 0. The van der Waals surface area contributed by atoms with Crippen molar-refractivity contribution in [3.63, 3.8) is 0 Å². The second kappa shape index (κ2) is 2.25. The molecule has 60 valence electrons. The summed E-state index contributed by atoms with van der Waals surface area (Å²) in [5, 5.41) is 0. The maximum absolute atomic E-state index is 2.41. The molecular formula is C10H20. The number of hydrogen-bond acceptors (Lipinski definition) is 0. The van der Waals surface area contributed by atoms with E-state index in [1.54, 1.807) is 0 Å². The lowest BCUT2D eigenvalue weighted by Crippen LogP contribution is -2.22. The summed E-state index contributed by atoms with van der Waals surface area (Å²) in [5.74, 6) is 2.75. The highest BCUT2D eigenvalue weighted by Crippen LogP contribution is 2.49. The molecule has 3 atom stereocenters. The molecule has 0 radical (unpaired) electrons. The molecule has 0 aromatic heterocycles.